The van der Waals surface area contributed by atoms with Crippen molar-refractivity contribution in [2.24, 2.45) is 0 Å². The fourth-order valence-corrected chi connectivity index (χ4v) is 3.31. The molecular formula is C19H27NS. The van der Waals surface area contributed by atoms with Crippen LogP contribution in [-0.2, 0) is 5.41 Å². The van der Waals surface area contributed by atoms with Crippen molar-refractivity contribution in [3.8, 4) is 0 Å². The number of aryl methyl sites for hydroxylation is 1. The number of hydrogen-bond donors (Lipinski definition) is 1. The maximum atomic E-state index is 3.69. The summed E-state index contributed by atoms with van der Waals surface area (Å²) < 4.78 is 0. The van der Waals surface area contributed by atoms with Gasteiger partial charge in [-0.3, -0.25) is 0 Å². The Labute approximate surface area is 133 Å². The highest BCUT2D eigenvalue weighted by Gasteiger charge is 2.18. The quantitative estimate of drug-likeness (QED) is 0.775. The van der Waals surface area contributed by atoms with Gasteiger partial charge in [0.15, 0.2) is 0 Å². The molecular weight excluding hydrogens is 274 g/mol. The highest BCUT2D eigenvalue weighted by atomic mass is 32.1. The van der Waals surface area contributed by atoms with Crippen LogP contribution in [0.3, 0.4) is 0 Å². The van der Waals surface area contributed by atoms with Crippen LogP contribution in [0.1, 0.15) is 61.7 Å². The molecule has 21 heavy (non-hydrogen) atoms. The topological polar surface area (TPSA) is 12.0 Å². The van der Waals surface area contributed by atoms with E-state index < -0.39 is 0 Å². The highest BCUT2D eigenvalue weighted by Crippen LogP contribution is 2.30. The van der Waals surface area contributed by atoms with Crippen molar-refractivity contribution in [1.82, 2.24) is 5.32 Å². The van der Waals surface area contributed by atoms with E-state index in [0.717, 1.165) is 13.0 Å². The predicted octanol–water partition coefficient (Wildman–Crippen LogP) is 5.44. The second kappa shape index (κ2) is 6.76. The second-order valence-electron chi connectivity index (χ2n) is 6.69. The molecule has 1 N–H and O–H groups in total. The zero-order chi connectivity index (χ0) is 15.5. The molecule has 1 heterocycles. The summed E-state index contributed by atoms with van der Waals surface area (Å²) in [6.07, 6.45) is 1.15. The van der Waals surface area contributed by atoms with Crippen molar-refractivity contribution >= 4 is 11.3 Å². The van der Waals surface area contributed by atoms with Gasteiger partial charge in [0, 0.05) is 4.88 Å². The van der Waals surface area contributed by atoms with Crippen LogP contribution in [0, 0.1) is 6.92 Å². The van der Waals surface area contributed by atoms with E-state index in [0.29, 0.717) is 6.04 Å². The maximum absolute atomic E-state index is 3.69. The van der Waals surface area contributed by atoms with Crippen LogP contribution in [0.2, 0.25) is 0 Å². The van der Waals surface area contributed by atoms with Crippen LogP contribution >= 0.6 is 11.3 Å². The largest absolute Gasteiger partial charge is 0.306 e. The van der Waals surface area contributed by atoms with Crippen LogP contribution in [0.5, 0.6) is 0 Å². The fourth-order valence-electron chi connectivity index (χ4n) is 2.57. The molecule has 2 heteroatoms. The SMILES string of the molecule is CCCNC(c1ccc(C(C)(C)C)cc1)c1ccsc1C. The molecule has 2 aromatic rings. The van der Waals surface area contributed by atoms with Gasteiger partial charge in [-0.2, -0.15) is 0 Å². The standard InChI is InChI=1S/C19H27NS/c1-6-12-20-18(17-11-13-21-14(17)2)15-7-9-16(10-8-15)19(3,4)5/h7-11,13,18,20H,6,12H2,1-5H3. The summed E-state index contributed by atoms with van der Waals surface area (Å²) in [5, 5.41) is 5.88. The fraction of sp³-hybridized carbons (Fsp3) is 0.474. The zero-order valence-corrected chi connectivity index (χ0v) is 14.7. The molecule has 114 valence electrons. The van der Waals surface area contributed by atoms with Gasteiger partial charge in [0.25, 0.3) is 0 Å². The molecule has 0 bridgehead atoms. The van der Waals surface area contributed by atoms with Gasteiger partial charge in [0.05, 0.1) is 6.04 Å². The summed E-state index contributed by atoms with van der Waals surface area (Å²) in [6.45, 7) is 12.3. The van der Waals surface area contributed by atoms with Gasteiger partial charge >= 0.3 is 0 Å². The number of rotatable bonds is 5. The average Bonchev–Trinajstić information content (AvgIpc) is 2.85. The molecule has 0 amide bonds. The summed E-state index contributed by atoms with van der Waals surface area (Å²) in [6, 6.07) is 11.7. The lowest BCUT2D eigenvalue weighted by molar-refractivity contribution is 0.583. The Morgan fingerprint density at radius 1 is 1.10 bits per heavy atom. The van der Waals surface area contributed by atoms with E-state index in [1.54, 1.807) is 0 Å². The monoisotopic (exact) mass is 301 g/mol. The molecule has 1 unspecified atom stereocenters. The molecule has 0 fully saturated rings. The van der Waals surface area contributed by atoms with E-state index in [-0.39, 0.29) is 5.41 Å². The summed E-state index contributed by atoms with van der Waals surface area (Å²) in [5.74, 6) is 0. The predicted molar refractivity (Wildman–Crippen MR) is 94.3 cm³/mol. The molecule has 0 aliphatic heterocycles. The van der Waals surface area contributed by atoms with Crippen molar-refractivity contribution in [1.29, 1.82) is 0 Å². The third-order valence-corrected chi connectivity index (χ3v) is 4.78. The molecule has 1 aromatic heterocycles. The molecule has 2 rings (SSSR count). The van der Waals surface area contributed by atoms with E-state index in [2.05, 4.69) is 75.6 Å². The van der Waals surface area contributed by atoms with Crippen molar-refractivity contribution in [3.05, 3.63) is 57.3 Å². The van der Waals surface area contributed by atoms with Crippen LogP contribution in [0.4, 0.5) is 0 Å². The first-order valence-corrected chi connectivity index (χ1v) is 8.69. The Balaban J connectivity index is 2.31. The van der Waals surface area contributed by atoms with Gasteiger partial charge in [0.2, 0.25) is 0 Å². The minimum atomic E-state index is 0.211. The highest BCUT2D eigenvalue weighted by molar-refractivity contribution is 7.10. The van der Waals surface area contributed by atoms with Gasteiger partial charge < -0.3 is 5.32 Å². The smallest absolute Gasteiger partial charge is 0.0587 e. The minimum absolute atomic E-state index is 0.211. The third kappa shape index (κ3) is 3.96. The molecule has 0 radical (unpaired) electrons. The van der Waals surface area contributed by atoms with Crippen molar-refractivity contribution in [2.75, 3.05) is 6.54 Å². The molecule has 1 atom stereocenters. The van der Waals surface area contributed by atoms with E-state index in [9.17, 15) is 0 Å². The summed E-state index contributed by atoms with van der Waals surface area (Å²) >= 11 is 1.83. The first-order chi connectivity index (χ1) is 9.93. The molecule has 0 spiro atoms. The zero-order valence-electron chi connectivity index (χ0n) is 13.9. The second-order valence-corrected chi connectivity index (χ2v) is 7.81. The minimum Gasteiger partial charge on any atom is -0.306 e. The van der Waals surface area contributed by atoms with Gasteiger partial charge in [-0.25, -0.2) is 0 Å². The van der Waals surface area contributed by atoms with Crippen LogP contribution < -0.4 is 5.32 Å². The maximum Gasteiger partial charge on any atom is 0.0587 e. The average molecular weight is 301 g/mol. The van der Waals surface area contributed by atoms with Gasteiger partial charge in [0.1, 0.15) is 0 Å². The lowest BCUT2D eigenvalue weighted by Crippen LogP contribution is -2.23. The van der Waals surface area contributed by atoms with Gasteiger partial charge in [-0.1, -0.05) is 52.0 Å². The third-order valence-electron chi connectivity index (χ3n) is 3.92. The van der Waals surface area contributed by atoms with Gasteiger partial charge in [-0.05, 0) is 53.4 Å². The Kier molecular flexibility index (Phi) is 5.23. The Morgan fingerprint density at radius 3 is 2.24 bits per heavy atom. The normalized spacial score (nSPS) is 13.4. The van der Waals surface area contributed by atoms with Crippen molar-refractivity contribution in [3.63, 3.8) is 0 Å². The molecule has 0 saturated heterocycles. The molecule has 0 aliphatic rings. The van der Waals surface area contributed by atoms with E-state index in [1.165, 1.54) is 21.6 Å². The van der Waals surface area contributed by atoms with E-state index in [4.69, 9.17) is 0 Å². The number of hydrogen-bond acceptors (Lipinski definition) is 2. The van der Waals surface area contributed by atoms with Crippen LogP contribution in [-0.4, -0.2) is 6.54 Å². The Hall–Kier alpha value is -1.12. The number of nitrogens with one attached hydrogen (secondary N) is 1. The van der Waals surface area contributed by atoms with Crippen LogP contribution in [0.15, 0.2) is 35.7 Å². The number of thiophene rings is 1. The van der Waals surface area contributed by atoms with E-state index >= 15 is 0 Å². The number of benzene rings is 1. The van der Waals surface area contributed by atoms with Crippen LogP contribution in [0.25, 0.3) is 0 Å². The molecule has 0 aliphatic carbocycles. The van der Waals surface area contributed by atoms with E-state index in [1.807, 2.05) is 11.3 Å². The Morgan fingerprint density at radius 2 is 1.76 bits per heavy atom. The summed E-state index contributed by atoms with van der Waals surface area (Å²) in [5.41, 5.74) is 4.38. The lowest BCUT2D eigenvalue weighted by Gasteiger charge is -2.23. The molecule has 1 nitrogen and oxygen atoms in total. The lowest BCUT2D eigenvalue weighted by atomic mass is 9.86. The molecule has 0 saturated carbocycles. The van der Waals surface area contributed by atoms with Gasteiger partial charge in [-0.15, -0.1) is 11.3 Å². The summed E-state index contributed by atoms with van der Waals surface area (Å²) in [7, 11) is 0. The first-order valence-electron chi connectivity index (χ1n) is 7.81. The first kappa shape index (κ1) is 16.3. The van der Waals surface area contributed by atoms with Crippen molar-refractivity contribution in [2.45, 2.75) is 52.5 Å². The summed E-state index contributed by atoms with van der Waals surface area (Å²) in [4.78, 5) is 1.41. The Bertz CT molecular complexity index is 560. The molecule has 1 aromatic carbocycles. The van der Waals surface area contributed by atoms with Crippen molar-refractivity contribution < 1.29 is 0 Å².